The van der Waals surface area contributed by atoms with Gasteiger partial charge in [0.05, 0.1) is 16.1 Å². The first kappa shape index (κ1) is 14.6. The molecule has 102 valence electrons. The molecule has 0 radical (unpaired) electrons. The molecule has 2 aromatic carbocycles. The minimum Gasteiger partial charge on any atom is -0.278 e. The van der Waals surface area contributed by atoms with Gasteiger partial charge in [-0.2, -0.15) is 5.26 Å². The number of aryl methyl sites for hydroxylation is 1. The molecule has 0 saturated heterocycles. The van der Waals surface area contributed by atoms with E-state index in [2.05, 4.69) is 20.7 Å². The lowest BCUT2D eigenvalue weighted by Gasteiger charge is -2.10. The third kappa shape index (κ3) is 3.00. The Bertz CT molecular complexity index is 795. The second-order valence-electron chi connectivity index (χ2n) is 4.17. The van der Waals surface area contributed by atoms with Gasteiger partial charge in [-0.25, -0.2) is 8.42 Å². The van der Waals surface area contributed by atoms with Crippen LogP contribution in [0.15, 0.2) is 51.8 Å². The van der Waals surface area contributed by atoms with Crippen LogP contribution in [0.3, 0.4) is 0 Å². The minimum absolute atomic E-state index is 0.158. The molecule has 0 fully saturated rings. The molecule has 0 aliphatic rings. The molecule has 0 heterocycles. The Kier molecular flexibility index (Phi) is 4.12. The van der Waals surface area contributed by atoms with Gasteiger partial charge in [0.25, 0.3) is 10.0 Å². The highest BCUT2D eigenvalue weighted by Crippen LogP contribution is 2.23. The summed E-state index contributed by atoms with van der Waals surface area (Å²) in [5, 5.41) is 8.98. The number of halogens is 1. The van der Waals surface area contributed by atoms with Gasteiger partial charge in [-0.15, -0.1) is 0 Å². The number of para-hydroxylation sites is 1. The van der Waals surface area contributed by atoms with Crippen LogP contribution >= 0.6 is 15.9 Å². The number of nitrogens with zero attached hydrogens (tertiary/aromatic N) is 1. The fourth-order valence-corrected chi connectivity index (χ4v) is 3.07. The van der Waals surface area contributed by atoms with Gasteiger partial charge in [0.1, 0.15) is 6.07 Å². The molecule has 0 spiro atoms. The summed E-state index contributed by atoms with van der Waals surface area (Å²) in [6.45, 7) is 1.81. The molecule has 0 unspecified atom stereocenters. The van der Waals surface area contributed by atoms with E-state index < -0.39 is 10.0 Å². The van der Waals surface area contributed by atoms with E-state index >= 15 is 0 Å². The SMILES string of the molecule is Cc1cc(S(=O)(=O)Nc2ccccc2C#N)ccc1Br. The van der Waals surface area contributed by atoms with Crippen LogP contribution in [0.1, 0.15) is 11.1 Å². The summed E-state index contributed by atoms with van der Waals surface area (Å²) in [4.78, 5) is 0.158. The van der Waals surface area contributed by atoms with Crippen molar-refractivity contribution in [2.75, 3.05) is 4.72 Å². The van der Waals surface area contributed by atoms with Gasteiger partial charge in [-0.3, -0.25) is 4.72 Å². The number of hydrogen-bond acceptors (Lipinski definition) is 3. The maximum Gasteiger partial charge on any atom is 0.261 e. The zero-order valence-corrected chi connectivity index (χ0v) is 13.0. The summed E-state index contributed by atoms with van der Waals surface area (Å²) in [5.41, 5.74) is 1.38. The van der Waals surface area contributed by atoms with Crippen molar-refractivity contribution in [2.45, 2.75) is 11.8 Å². The number of rotatable bonds is 3. The summed E-state index contributed by atoms with van der Waals surface area (Å²) in [6.07, 6.45) is 0. The predicted octanol–water partition coefficient (Wildman–Crippen LogP) is 3.43. The lowest BCUT2D eigenvalue weighted by molar-refractivity contribution is 0.601. The van der Waals surface area contributed by atoms with Crippen LogP contribution in [0.25, 0.3) is 0 Å². The van der Waals surface area contributed by atoms with Crippen molar-refractivity contribution in [3.8, 4) is 6.07 Å². The number of benzene rings is 2. The Labute approximate surface area is 126 Å². The van der Waals surface area contributed by atoms with Crippen LogP contribution in [0, 0.1) is 18.3 Å². The number of sulfonamides is 1. The molecule has 20 heavy (non-hydrogen) atoms. The third-order valence-electron chi connectivity index (χ3n) is 2.73. The standard InChI is InChI=1S/C14H11BrN2O2S/c1-10-8-12(6-7-13(10)15)20(18,19)17-14-5-3-2-4-11(14)9-16/h2-8,17H,1H3. The number of anilines is 1. The zero-order chi connectivity index (χ0) is 14.8. The van der Waals surface area contributed by atoms with E-state index in [0.29, 0.717) is 0 Å². The van der Waals surface area contributed by atoms with E-state index in [-0.39, 0.29) is 16.1 Å². The van der Waals surface area contributed by atoms with Gasteiger partial charge in [0.2, 0.25) is 0 Å². The van der Waals surface area contributed by atoms with Crippen molar-refractivity contribution >= 4 is 31.6 Å². The molecular formula is C14H11BrN2O2S. The van der Waals surface area contributed by atoms with Crippen molar-refractivity contribution in [3.63, 3.8) is 0 Å². The van der Waals surface area contributed by atoms with E-state index in [1.54, 1.807) is 36.4 Å². The molecule has 2 rings (SSSR count). The first-order valence-electron chi connectivity index (χ1n) is 5.72. The Morgan fingerprint density at radius 1 is 1.20 bits per heavy atom. The molecule has 0 aliphatic heterocycles. The van der Waals surface area contributed by atoms with Crippen molar-refractivity contribution in [1.29, 1.82) is 5.26 Å². The van der Waals surface area contributed by atoms with Gasteiger partial charge in [-0.1, -0.05) is 28.1 Å². The topological polar surface area (TPSA) is 70.0 Å². The van der Waals surface area contributed by atoms with E-state index in [0.717, 1.165) is 10.0 Å². The Morgan fingerprint density at radius 3 is 2.55 bits per heavy atom. The van der Waals surface area contributed by atoms with E-state index in [4.69, 9.17) is 5.26 Å². The summed E-state index contributed by atoms with van der Waals surface area (Å²) < 4.78 is 27.9. The van der Waals surface area contributed by atoms with Crippen molar-refractivity contribution in [3.05, 3.63) is 58.1 Å². The van der Waals surface area contributed by atoms with Gasteiger partial charge in [0, 0.05) is 4.47 Å². The van der Waals surface area contributed by atoms with E-state index in [9.17, 15) is 8.42 Å². The van der Waals surface area contributed by atoms with E-state index in [1.807, 2.05) is 13.0 Å². The lowest BCUT2D eigenvalue weighted by Crippen LogP contribution is -2.14. The normalized spacial score (nSPS) is 10.8. The summed E-state index contributed by atoms with van der Waals surface area (Å²) in [5.74, 6) is 0. The maximum absolute atomic E-state index is 12.3. The minimum atomic E-state index is -3.71. The summed E-state index contributed by atoms with van der Waals surface area (Å²) >= 11 is 3.33. The smallest absolute Gasteiger partial charge is 0.261 e. The first-order valence-corrected chi connectivity index (χ1v) is 8.00. The molecule has 0 saturated carbocycles. The monoisotopic (exact) mass is 350 g/mol. The molecule has 0 amide bonds. The fourth-order valence-electron chi connectivity index (χ4n) is 1.66. The van der Waals surface area contributed by atoms with Crippen LogP contribution in [0.4, 0.5) is 5.69 Å². The van der Waals surface area contributed by atoms with Crippen LogP contribution in [0.2, 0.25) is 0 Å². The quantitative estimate of drug-likeness (QED) is 0.921. The molecule has 0 atom stereocenters. The molecule has 0 aliphatic carbocycles. The molecule has 4 nitrogen and oxygen atoms in total. The lowest BCUT2D eigenvalue weighted by atomic mass is 10.2. The molecule has 1 N–H and O–H groups in total. The van der Waals surface area contributed by atoms with Crippen molar-refractivity contribution in [2.24, 2.45) is 0 Å². The van der Waals surface area contributed by atoms with Crippen LogP contribution in [-0.4, -0.2) is 8.42 Å². The molecule has 2 aromatic rings. The zero-order valence-electron chi connectivity index (χ0n) is 10.6. The summed E-state index contributed by atoms with van der Waals surface area (Å²) in [7, 11) is -3.71. The van der Waals surface area contributed by atoms with Gasteiger partial charge in [0.15, 0.2) is 0 Å². The maximum atomic E-state index is 12.3. The van der Waals surface area contributed by atoms with Crippen molar-refractivity contribution < 1.29 is 8.42 Å². The van der Waals surface area contributed by atoms with Gasteiger partial charge in [-0.05, 0) is 42.8 Å². The number of nitrogens with one attached hydrogen (secondary N) is 1. The molecule has 0 bridgehead atoms. The largest absolute Gasteiger partial charge is 0.278 e. The highest BCUT2D eigenvalue weighted by atomic mass is 79.9. The second kappa shape index (κ2) is 5.65. The molecule has 6 heteroatoms. The Balaban J connectivity index is 2.41. The number of nitriles is 1. The van der Waals surface area contributed by atoms with Crippen LogP contribution < -0.4 is 4.72 Å². The highest BCUT2D eigenvalue weighted by Gasteiger charge is 2.16. The molecular weight excluding hydrogens is 340 g/mol. The fraction of sp³-hybridized carbons (Fsp3) is 0.0714. The van der Waals surface area contributed by atoms with Gasteiger partial charge >= 0.3 is 0 Å². The average molecular weight is 351 g/mol. The average Bonchev–Trinajstić information content (AvgIpc) is 2.42. The first-order chi connectivity index (χ1) is 9.44. The Morgan fingerprint density at radius 2 is 1.90 bits per heavy atom. The van der Waals surface area contributed by atoms with Gasteiger partial charge < -0.3 is 0 Å². The van der Waals surface area contributed by atoms with E-state index in [1.165, 1.54) is 6.07 Å². The third-order valence-corrected chi connectivity index (χ3v) is 4.98. The predicted molar refractivity (Wildman–Crippen MR) is 80.8 cm³/mol. The Hall–Kier alpha value is -1.84. The number of hydrogen-bond donors (Lipinski definition) is 1. The van der Waals surface area contributed by atoms with Crippen molar-refractivity contribution in [1.82, 2.24) is 0 Å². The molecule has 0 aromatic heterocycles. The highest BCUT2D eigenvalue weighted by molar-refractivity contribution is 9.10. The second-order valence-corrected chi connectivity index (χ2v) is 6.71. The summed E-state index contributed by atoms with van der Waals surface area (Å²) in [6, 6.07) is 13.2. The van der Waals surface area contributed by atoms with Crippen LogP contribution in [0.5, 0.6) is 0 Å². The van der Waals surface area contributed by atoms with Crippen LogP contribution in [-0.2, 0) is 10.0 Å².